The number of hydrogen-bond acceptors (Lipinski definition) is 4. The average Bonchev–Trinajstić information content (AvgIpc) is 3.23. The fraction of sp³-hybridized carbons (Fsp3) is 0.0417. The Kier molecular flexibility index (Phi) is 5.46. The van der Waals surface area contributed by atoms with Gasteiger partial charge in [-0.2, -0.15) is 5.26 Å². The van der Waals surface area contributed by atoms with E-state index in [2.05, 4.69) is 28.5 Å². The summed E-state index contributed by atoms with van der Waals surface area (Å²) in [5.74, 6) is -0.183. The van der Waals surface area contributed by atoms with Crippen LogP contribution in [-0.4, -0.2) is 10.9 Å². The molecule has 0 aliphatic carbocycles. The lowest BCUT2D eigenvalue weighted by Gasteiger charge is -2.05. The molecule has 1 N–H and O–H groups in total. The topological polar surface area (TPSA) is 65.8 Å². The number of rotatable bonds is 5. The normalized spacial score (nSPS) is 10.3. The molecule has 3 aromatic carbocycles. The second-order valence-electron chi connectivity index (χ2n) is 6.54. The van der Waals surface area contributed by atoms with E-state index in [1.807, 2.05) is 60.0 Å². The van der Waals surface area contributed by atoms with E-state index in [4.69, 9.17) is 5.26 Å². The number of benzene rings is 3. The first kappa shape index (κ1) is 18.6. The lowest BCUT2D eigenvalue weighted by Crippen LogP contribution is -2.11. The third-order valence-corrected chi connectivity index (χ3v) is 5.26. The summed E-state index contributed by atoms with van der Waals surface area (Å²) in [5.41, 5.74) is 5.28. The van der Waals surface area contributed by atoms with Gasteiger partial charge in [-0.3, -0.25) is 10.1 Å². The van der Waals surface area contributed by atoms with Crippen molar-refractivity contribution in [2.75, 3.05) is 5.32 Å². The summed E-state index contributed by atoms with van der Waals surface area (Å²) in [6.45, 7) is 0. The lowest BCUT2D eigenvalue weighted by molar-refractivity contribution is 0.102. The molecule has 1 heterocycles. The number of amides is 1. The van der Waals surface area contributed by atoms with Gasteiger partial charge in [0, 0.05) is 16.5 Å². The third kappa shape index (κ3) is 4.57. The SMILES string of the molecule is N#Cc1ccc(-c2csc(NC(=O)c3ccc(Cc4ccccc4)cc3)n2)cc1. The smallest absolute Gasteiger partial charge is 0.257 e. The first-order chi connectivity index (χ1) is 14.2. The fourth-order valence-corrected chi connectivity index (χ4v) is 3.67. The molecule has 140 valence electrons. The molecule has 4 nitrogen and oxygen atoms in total. The molecule has 1 aromatic heterocycles. The standard InChI is InChI=1S/C24H17N3OS/c25-15-19-8-10-20(11-9-19)22-16-29-24(26-22)27-23(28)21-12-6-18(7-13-21)14-17-4-2-1-3-5-17/h1-13,16H,14H2,(H,26,27,28). The molecule has 1 amide bonds. The first-order valence-electron chi connectivity index (χ1n) is 9.11. The van der Waals surface area contributed by atoms with Gasteiger partial charge in [0.25, 0.3) is 5.91 Å². The van der Waals surface area contributed by atoms with Crippen LogP contribution in [0.5, 0.6) is 0 Å². The van der Waals surface area contributed by atoms with E-state index in [9.17, 15) is 4.79 Å². The molecular weight excluding hydrogens is 378 g/mol. The number of carbonyl (C=O) groups excluding carboxylic acids is 1. The highest BCUT2D eigenvalue weighted by Crippen LogP contribution is 2.25. The summed E-state index contributed by atoms with van der Waals surface area (Å²) in [6, 6.07) is 27.2. The number of anilines is 1. The van der Waals surface area contributed by atoms with Crippen molar-refractivity contribution in [1.82, 2.24) is 4.98 Å². The predicted octanol–water partition coefficient (Wildman–Crippen LogP) is 5.52. The van der Waals surface area contributed by atoms with Crippen molar-refractivity contribution in [1.29, 1.82) is 5.26 Å². The zero-order valence-corrected chi connectivity index (χ0v) is 16.3. The van der Waals surface area contributed by atoms with Gasteiger partial charge in [0.05, 0.1) is 17.3 Å². The Balaban J connectivity index is 1.41. The monoisotopic (exact) mass is 395 g/mol. The van der Waals surface area contributed by atoms with E-state index < -0.39 is 0 Å². The molecular formula is C24H17N3OS. The van der Waals surface area contributed by atoms with Crippen LogP contribution in [0.1, 0.15) is 27.0 Å². The molecule has 0 saturated carbocycles. The van der Waals surface area contributed by atoms with Gasteiger partial charge in [0.1, 0.15) is 0 Å². The van der Waals surface area contributed by atoms with Gasteiger partial charge in [-0.25, -0.2) is 4.98 Å². The van der Waals surface area contributed by atoms with E-state index in [-0.39, 0.29) is 5.91 Å². The summed E-state index contributed by atoms with van der Waals surface area (Å²) in [4.78, 5) is 17.0. The summed E-state index contributed by atoms with van der Waals surface area (Å²) in [5, 5.41) is 14.2. The van der Waals surface area contributed by atoms with E-state index in [0.717, 1.165) is 23.2 Å². The summed E-state index contributed by atoms with van der Waals surface area (Å²) < 4.78 is 0. The second-order valence-corrected chi connectivity index (χ2v) is 7.40. The molecule has 29 heavy (non-hydrogen) atoms. The van der Waals surface area contributed by atoms with Crippen LogP contribution in [0, 0.1) is 11.3 Å². The predicted molar refractivity (Wildman–Crippen MR) is 116 cm³/mol. The minimum atomic E-state index is -0.183. The Bertz CT molecular complexity index is 1160. The summed E-state index contributed by atoms with van der Waals surface area (Å²) in [7, 11) is 0. The van der Waals surface area contributed by atoms with E-state index >= 15 is 0 Å². The van der Waals surface area contributed by atoms with Crippen molar-refractivity contribution in [2.45, 2.75) is 6.42 Å². The average molecular weight is 395 g/mol. The molecule has 0 fully saturated rings. The molecule has 4 rings (SSSR count). The van der Waals surface area contributed by atoms with Gasteiger partial charge in [-0.05, 0) is 41.8 Å². The molecule has 4 aromatic rings. The van der Waals surface area contributed by atoms with Crippen molar-refractivity contribution in [3.8, 4) is 17.3 Å². The van der Waals surface area contributed by atoms with Gasteiger partial charge in [0.2, 0.25) is 0 Å². The highest BCUT2D eigenvalue weighted by molar-refractivity contribution is 7.14. The van der Waals surface area contributed by atoms with Crippen molar-refractivity contribution in [3.05, 3.63) is 106 Å². The molecule has 0 aliphatic rings. The van der Waals surface area contributed by atoms with Crippen LogP contribution >= 0.6 is 11.3 Å². The number of hydrogen-bond donors (Lipinski definition) is 1. The summed E-state index contributed by atoms with van der Waals surface area (Å²) in [6.07, 6.45) is 0.836. The maximum absolute atomic E-state index is 12.5. The van der Waals surface area contributed by atoms with Crippen LogP contribution in [0.2, 0.25) is 0 Å². The van der Waals surface area contributed by atoms with E-state index in [0.29, 0.717) is 16.3 Å². The second kappa shape index (κ2) is 8.51. The third-order valence-electron chi connectivity index (χ3n) is 4.50. The van der Waals surface area contributed by atoms with Crippen LogP contribution in [0.3, 0.4) is 0 Å². The van der Waals surface area contributed by atoms with Crippen molar-refractivity contribution in [3.63, 3.8) is 0 Å². The Morgan fingerprint density at radius 3 is 2.31 bits per heavy atom. The van der Waals surface area contributed by atoms with Crippen molar-refractivity contribution in [2.24, 2.45) is 0 Å². The van der Waals surface area contributed by atoms with Gasteiger partial charge < -0.3 is 0 Å². The maximum atomic E-state index is 12.5. The number of nitrogens with zero attached hydrogens (tertiary/aromatic N) is 2. The molecule has 0 saturated heterocycles. The molecule has 5 heteroatoms. The highest BCUT2D eigenvalue weighted by atomic mass is 32.1. The van der Waals surface area contributed by atoms with Crippen LogP contribution < -0.4 is 5.32 Å². The van der Waals surface area contributed by atoms with Crippen LogP contribution in [-0.2, 0) is 6.42 Å². The van der Waals surface area contributed by atoms with Crippen LogP contribution in [0.4, 0.5) is 5.13 Å². The van der Waals surface area contributed by atoms with Crippen LogP contribution in [0.25, 0.3) is 11.3 Å². The Labute approximate surface area is 173 Å². The lowest BCUT2D eigenvalue weighted by atomic mass is 10.0. The number of nitriles is 1. The zero-order valence-electron chi connectivity index (χ0n) is 15.5. The van der Waals surface area contributed by atoms with Crippen molar-refractivity contribution < 1.29 is 4.79 Å². The molecule has 0 radical (unpaired) electrons. The largest absolute Gasteiger partial charge is 0.298 e. The van der Waals surface area contributed by atoms with Crippen LogP contribution in [0.15, 0.2) is 84.2 Å². The Morgan fingerprint density at radius 2 is 1.62 bits per heavy atom. The first-order valence-corrected chi connectivity index (χ1v) is 9.99. The number of aromatic nitrogens is 1. The minimum Gasteiger partial charge on any atom is -0.298 e. The number of nitrogens with one attached hydrogen (secondary N) is 1. The van der Waals surface area contributed by atoms with E-state index in [1.165, 1.54) is 16.9 Å². The van der Waals surface area contributed by atoms with Gasteiger partial charge in [-0.1, -0.05) is 54.6 Å². The Hall–Kier alpha value is -3.75. The molecule has 0 unspecified atom stereocenters. The minimum absolute atomic E-state index is 0.183. The zero-order chi connectivity index (χ0) is 20.1. The fourth-order valence-electron chi connectivity index (χ4n) is 2.95. The number of thiazole rings is 1. The molecule has 0 atom stereocenters. The summed E-state index contributed by atoms with van der Waals surface area (Å²) >= 11 is 1.37. The quantitative estimate of drug-likeness (QED) is 0.483. The van der Waals surface area contributed by atoms with Crippen molar-refractivity contribution >= 4 is 22.4 Å². The Morgan fingerprint density at radius 1 is 0.931 bits per heavy atom. The molecule has 0 spiro atoms. The highest BCUT2D eigenvalue weighted by Gasteiger charge is 2.10. The number of carbonyl (C=O) groups is 1. The molecule has 0 aliphatic heterocycles. The van der Waals surface area contributed by atoms with E-state index in [1.54, 1.807) is 12.1 Å². The molecule has 0 bridgehead atoms. The van der Waals surface area contributed by atoms with Gasteiger partial charge >= 0.3 is 0 Å². The maximum Gasteiger partial charge on any atom is 0.257 e. The van der Waals surface area contributed by atoms with Gasteiger partial charge in [0.15, 0.2) is 5.13 Å². The van der Waals surface area contributed by atoms with Gasteiger partial charge in [-0.15, -0.1) is 11.3 Å².